The van der Waals surface area contributed by atoms with Crippen molar-refractivity contribution in [2.45, 2.75) is 62.2 Å². The Balaban J connectivity index is 1.49. The van der Waals surface area contributed by atoms with Crippen LogP contribution in [0.4, 0.5) is 0 Å². The van der Waals surface area contributed by atoms with Crippen LogP contribution in [0, 0.1) is 6.92 Å². The third kappa shape index (κ3) is 2.77. The van der Waals surface area contributed by atoms with E-state index in [9.17, 15) is 8.42 Å². The molecule has 0 bridgehead atoms. The van der Waals surface area contributed by atoms with Crippen LogP contribution in [0.3, 0.4) is 0 Å². The van der Waals surface area contributed by atoms with Gasteiger partial charge in [0, 0.05) is 0 Å². The van der Waals surface area contributed by atoms with E-state index in [1.165, 1.54) is 12.1 Å². The number of hydrogen-bond donors (Lipinski definition) is 0. The van der Waals surface area contributed by atoms with Gasteiger partial charge >= 0.3 is 0 Å². The minimum absolute atomic E-state index is 0.114. The predicted molar refractivity (Wildman–Crippen MR) is 81.7 cm³/mol. The van der Waals surface area contributed by atoms with Crippen LogP contribution in [-0.4, -0.2) is 51.5 Å². The summed E-state index contributed by atoms with van der Waals surface area (Å²) in [6, 6.07) is 6.50. The van der Waals surface area contributed by atoms with Crippen LogP contribution in [0.1, 0.15) is 19.4 Å². The van der Waals surface area contributed by atoms with Gasteiger partial charge in [0.1, 0.15) is 24.4 Å². The SMILES string of the molecule is Cc1ccc(S(=O)(=O)O[C@@H]2CO[C@H]3[C@H]4OC(C)(C)O[C@@H]4O[C@@H]32)cc1. The highest BCUT2D eigenvalue weighted by Crippen LogP contribution is 2.43. The smallest absolute Gasteiger partial charge is 0.297 e. The van der Waals surface area contributed by atoms with Crippen molar-refractivity contribution in [3.8, 4) is 0 Å². The Morgan fingerprint density at radius 3 is 2.50 bits per heavy atom. The van der Waals surface area contributed by atoms with Gasteiger partial charge in [0.25, 0.3) is 10.1 Å². The molecule has 0 spiro atoms. The van der Waals surface area contributed by atoms with E-state index in [-0.39, 0.29) is 17.6 Å². The van der Waals surface area contributed by atoms with E-state index in [4.69, 9.17) is 23.1 Å². The van der Waals surface area contributed by atoms with Gasteiger partial charge in [0.15, 0.2) is 12.1 Å². The molecule has 5 atom stereocenters. The van der Waals surface area contributed by atoms with Gasteiger partial charge in [-0.3, -0.25) is 4.18 Å². The fraction of sp³-hybridized carbons (Fsp3) is 0.625. The van der Waals surface area contributed by atoms with Crippen molar-refractivity contribution in [1.29, 1.82) is 0 Å². The second-order valence-corrected chi connectivity index (χ2v) is 8.34. The number of fused-ring (bicyclic) bond motifs is 3. The summed E-state index contributed by atoms with van der Waals surface area (Å²) in [5.74, 6) is -0.740. The molecule has 1 aromatic rings. The van der Waals surface area contributed by atoms with Crippen LogP contribution >= 0.6 is 0 Å². The zero-order valence-corrected chi connectivity index (χ0v) is 14.5. The average Bonchev–Trinajstić information content (AvgIpc) is 3.09. The predicted octanol–water partition coefficient (Wildman–Crippen LogP) is 1.34. The maximum Gasteiger partial charge on any atom is 0.297 e. The van der Waals surface area contributed by atoms with E-state index < -0.39 is 40.5 Å². The summed E-state index contributed by atoms with van der Waals surface area (Å²) in [6.45, 7) is 5.62. The molecule has 3 fully saturated rings. The normalized spacial score (nSPS) is 37.4. The lowest BCUT2D eigenvalue weighted by Crippen LogP contribution is -2.37. The fourth-order valence-corrected chi connectivity index (χ4v) is 4.37. The summed E-state index contributed by atoms with van der Waals surface area (Å²) < 4.78 is 53.2. The van der Waals surface area contributed by atoms with Crippen LogP contribution in [0.2, 0.25) is 0 Å². The maximum absolute atomic E-state index is 12.4. The Bertz CT molecular complexity index is 727. The topological polar surface area (TPSA) is 80.3 Å². The highest BCUT2D eigenvalue weighted by molar-refractivity contribution is 7.86. The minimum Gasteiger partial charge on any atom is -0.370 e. The Morgan fingerprint density at radius 2 is 1.79 bits per heavy atom. The summed E-state index contributed by atoms with van der Waals surface area (Å²) in [7, 11) is -3.89. The van der Waals surface area contributed by atoms with E-state index in [0.717, 1.165) is 5.56 Å². The number of ether oxygens (including phenoxy) is 4. The number of aryl methyl sites for hydroxylation is 1. The van der Waals surface area contributed by atoms with Crippen molar-refractivity contribution < 1.29 is 31.5 Å². The van der Waals surface area contributed by atoms with Crippen molar-refractivity contribution >= 4 is 10.1 Å². The van der Waals surface area contributed by atoms with Crippen molar-refractivity contribution in [1.82, 2.24) is 0 Å². The molecule has 3 saturated heterocycles. The molecule has 0 aromatic heterocycles. The summed E-state index contributed by atoms with van der Waals surface area (Å²) in [6.07, 6.45) is -2.59. The van der Waals surface area contributed by atoms with Crippen LogP contribution in [0.15, 0.2) is 29.2 Å². The molecule has 24 heavy (non-hydrogen) atoms. The standard InChI is InChI=1S/C16H20O7S/c1-9-4-6-10(7-5-9)24(17,18)23-11-8-19-13-12(11)20-15-14(13)21-16(2,3)22-15/h4-7,11-15H,8H2,1-3H3/t11-,12-,13-,14-,15+/m1/s1. The quantitative estimate of drug-likeness (QED) is 0.756. The average molecular weight is 356 g/mol. The summed E-state index contributed by atoms with van der Waals surface area (Å²) in [5.41, 5.74) is 0.974. The fourth-order valence-electron chi connectivity index (χ4n) is 3.30. The van der Waals surface area contributed by atoms with Gasteiger partial charge in [-0.1, -0.05) is 17.7 Å². The lowest BCUT2D eigenvalue weighted by Gasteiger charge is -2.22. The molecule has 132 valence electrons. The molecule has 8 heteroatoms. The van der Waals surface area contributed by atoms with Crippen LogP contribution in [-0.2, 0) is 33.2 Å². The van der Waals surface area contributed by atoms with Gasteiger partial charge in [-0.2, -0.15) is 8.42 Å². The minimum atomic E-state index is -3.89. The highest BCUT2D eigenvalue weighted by atomic mass is 32.2. The highest BCUT2D eigenvalue weighted by Gasteiger charge is 2.60. The largest absolute Gasteiger partial charge is 0.370 e. The molecule has 0 N–H and O–H groups in total. The molecule has 0 radical (unpaired) electrons. The molecule has 0 unspecified atom stereocenters. The molecule has 7 nitrogen and oxygen atoms in total. The number of rotatable bonds is 3. The van der Waals surface area contributed by atoms with E-state index in [1.54, 1.807) is 26.0 Å². The van der Waals surface area contributed by atoms with E-state index in [0.29, 0.717) is 0 Å². The molecule has 4 rings (SSSR count). The van der Waals surface area contributed by atoms with Crippen molar-refractivity contribution in [2.24, 2.45) is 0 Å². The molecule has 0 amide bonds. The molecule has 3 aliphatic rings. The first kappa shape index (κ1) is 16.4. The summed E-state index contributed by atoms with van der Waals surface area (Å²) >= 11 is 0. The van der Waals surface area contributed by atoms with Gasteiger partial charge in [0.05, 0.1) is 11.5 Å². The van der Waals surface area contributed by atoms with Crippen LogP contribution < -0.4 is 0 Å². The first-order chi connectivity index (χ1) is 11.3. The van der Waals surface area contributed by atoms with Crippen LogP contribution in [0.25, 0.3) is 0 Å². The summed E-state index contributed by atoms with van der Waals surface area (Å²) in [5, 5.41) is 0. The Morgan fingerprint density at radius 1 is 1.08 bits per heavy atom. The molecule has 1 aromatic carbocycles. The second-order valence-electron chi connectivity index (χ2n) is 6.77. The first-order valence-electron chi connectivity index (χ1n) is 7.88. The Hall–Kier alpha value is -1.03. The van der Waals surface area contributed by atoms with Gasteiger partial charge in [0.2, 0.25) is 0 Å². The lowest BCUT2D eigenvalue weighted by molar-refractivity contribution is -0.213. The van der Waals surface area contributed by atoms with Gasteiger partial charge in [-0.05, 0) is 32.9 Å². The molecule has 0 aliphatic carbocycles. The zero-order valence-electron chi connectivity index (χ0n) is 13.7. The second kappa shape index (κ2) is 5.48. The molecular formula is C16H20O7S. The Labute approximate surface area is 140 Å². The lowest BCUT2D eigenvalue weighted by atomic mass is 10.1. The molecular weight excluding hydrogens is 336 g/mol. The number of hydrogen-bond acceptors (Lipinski definition) is 7. The van der Waals surface area contributed by atoms with Crippen LogP contribution in [0.5, 0.6) is 0 Å². The van der Waals surface area contributed by atoms with E-state index in [1.807, 2.05) is 6.92 Å². The molecule has 0 saturated carbocycles. The maximum atomic E-state index is 12.4. The van der Waals surface area contributed by atoms with Gasteiger partial charge < -0.3 is 18.9 Å². The summed E-state index contributed by atoms with van der Waals surface area (Å²) in [4.78, 5) is 0.114. The molecule has 3 heterocycles. The van der Waals surface area contributed by atoms with Crippen molar-refractivity contribution in [3.63, 3.8) is 0 Å². The zero-order chi connectivity index (χ0) is 17.1. The van der Waals surface area contributed by atoms with E-state index in [2.05, 4.69) is 0 Å². The first-order valence-corrected chi connectivity index (χ1v) is 9.29. The van der Waals surface area contributed by atoms with Crippen molar-refractivity contribution in [2.75, 3.05) is 6.61 Å². The van der Waals surface area contributed by atoms with Gasteiger partial charge in [-0.25, -0.2) is 0 Å². The van der Waals surface area contributed by atoms with Crippen molar-refractivity contribution in [3.05, 3.63) is 29.8 Å². The Kier molecular flexibility index (Phi) is 3.76. The third-order valence-corrected chi connectivity index (χ3v) is 5.76. The van der Waals surface area contributed by atoms with Gasteiger partial charge in [-0.15, -0.1) is 0 Å². The monoisotopic (exact) mass is 356 g/mol. The third-order valence-electron chi connectivity index (χ3n) is 4.41. The number of benzene rings is 1. The molecule has 3 aliphatic heterocycles. The van der Waals surface area contributed by atoms with E-state index >= 15 is 0 Å².